The number of nitrogens with one attached hydrogen (secondary N) is 3. The van der Waals surface area contributed by atoms with Gasteiger partial charge in [-0.25, -0.2) is 4.79 Å². The number of H-pyrrole nitrogens is 1. The number of nitrogens with zero attached hydrogens (tertiary/aromatic N) is 5. The van der Waals surface area contributed by atoms with Gasteiger partial charge in [0.05, 0.1) is 17.8 Å². The summed E-state index contributed by atoms with van der Waals surface area (Å²) in [5.74, 6) is 1.09. The van der Waals surface area contributed by atoms with E-state index >= 15 is 0 Å². The van der Waals surface area contributed by atoms with Crippen LogP contribution < -0.4 is 16.4 Å². The summed E-state index contributed by atoms with van der Waals surface area (Å²) < 4.78 is 0. The quantitative estimate of drug-likeness (QED) is 0.490. The highest BCUT2D eigenvalue weighted by Crippen LogP contribution is 2.43. The molecule has 160 valence electrons. The lowest BCUT2D eigenvalue weighted by Gasteiger charge is -2.32. The molecule has 5 N–H and O–H groups in total. The van der Waals surface area contributed by atoms with Gasteiger partial charge in [-0.15, -0.1) is 0 Å². The summed E-state index contributed by atoms with van der Waals surface area (Å²) in [6.45, 7) is 4.36. The number of amides is 2. The number of hydrogen-bond acceptors (Lipinski definition) is 7. The Morgan fingerprint density at radius 3 is 2.77 bits per heavy atom. The van der Waals surface area contributed by atoms with Crippen LogP contribution in [0.1, 0.15) is 43.0 Å². The second-order valence-corrected chi connectivity index (χ2v) is 8.63. The summed E-state index contributed by atoms with van der Waals surface area (Å²) >= 11 is 5.86. The van der Waals surface area contributed by atoms with Gasteiger partial charge in [-0.05, 0) is 37.4 Å². The zero-order valence-electron chi connectivity index (χ0n) is 17.1. The fraction of sp³-hybridized carbons (Fsp3) is 0.350. The highest BCUT2D eigenvalue weighted by molar-refractivity contribution is 6.28. The summed E-state index contributed by atoms with van der Waals surface area (Å²) in [5.41, 5.74) is 8.06. The maximum atomic E-state index is 13.1. The monoisotopic (exact) mass is 439 g/mol. The number of hydrogen-bond donors (Lipinski definition) is 4. The molecule has 0 saturated heterocycles. The van der Waals surface area contributed by atoms with Crippen molar-refractivity contribution in [1.29, 1.82) is 0 Å². The zero-order chi connectivity index (χ0) is 21.8. The van der Waals surface area contributed by atoms with Gasteiger partial charge in [0, 0.05) is 17.5 Å². The van der Waals surface area contributed by atoms with Crippen LogP contribution in [0.3, 0.4) is 0 Å². The molecule has 1 saturated carbocycles. The van der Waals surface area contributed by atoms with Gasteiger partial charge in [-0.2, -0.15) is 20.1 Å². The van der Waals surface area contributed by atoms with Crippen LogP contribution in [0.25, 0.3) is 0 Å². The predicted molar refractivity (Wildman–Crippen MR) is 116 cm³/mol. The molecule has 11 heteroatoms. The van der Waals surface area contributed by atoms with Crippen molar-refractivity contribution in [1.82, 2.24) is 35.4 Å². The van der Waals surface area contributed by atoms with Crippen LogP contribution >= 0.6 is 11.6 Å². The van der Waals surface area contributed by atoms with Crippen LogP contribution in [0, 0.1) is 0 Å². The molecule has 1 fully saturated rings. The SMILES string of the molecule is CC1(C)c2[nH]nc(Nc3nc(N)nc(Cl)n3)c2CN1C(=O)N[C@@H]1C[C@H]1c1ccccc1. The van der Waals surface area contributed by atoms with E-state index in [0.29, 0.717) is 18.3 Å². The molecule has 5 rings (SSSR count). The Bertz CT molecular complexity index is 1130. The topological polar surface area (TPSA) is 138 Å². The van der Waals surface area contributed by atoms with E-state index in [-0.39, 0.29) is 29.3 Å². The van der Waals surface area contributed by atoms with Gasteiger partial charge >= 0.3 is 6.03 Å². The Morgan fingerprint density at radius 1 is 1.26 bits per heavy atom. The number of carbonyl (C=O) groups excluding carboxylic acids is 1. The normalized spacial score (nSPS) is 20.9. The van der Waals surface area contributed by atoms with E-state index in [4.69, 9.17) is 17.3 Å². The number of aromatic nitrogens is 5. The van der Waals surface area contributed by atoms with Gasteiger partial charge in [0.1, 0.15) is 0 Å². The van der Waals surface area contributed by atoms with Crippen molar-refractivity contribution in [2.45, 2.75) is 44.3 Å². The van der Waals surface area contributed by atoms with Gasteiger partial charge < -0.3 is 21.3 Å². The highest BCUT2D eigenvalue weighted by Gasteiger charge is 2.46. The molecule has 3 heterocycles. The van der Waals surface area contributed by atoms with Crippen LogP contribution in [0.15, 0.2) is 30.3 Å². The molecule has 1 aliphatic carbocycles. The molecule has 2 aliphatic rings. The van der Waals surface area contributed by atoms with Crippen LogP contribution in [0.4, 0.5) is 22.5 Å². The molecule has 3 aromatic rings. The molecule has 0 unspecified atom stereocenters. The average molecular weight is 440 g/mol. The number of rotatable bonds is 4. The predicted octanol–water partition coefficient (Wildman–Crippen LogP) is 2.89. The summed E-state index contributed by atoms with van der Waals surface area (Å²) in [5, 5.41) is 13.6. The minimum absolute atomic E-state index is 0.00780. The van der Waals surface area contributed by atoms with Crippen molar-refractivity contribution >= 4 is 35.3 Å². The second-order valence-electron chi connectivity index (χ2n) is 8.29. The zero-order valence-corrected chi connectivity index (χ0v) is 17.8. The fourth-order valence-electron chi connectivity index (χ4n) is 4.13. The standard InChI is InChI=1S/C20H22ClN9O/c1-20(2)14-12(15(29-28-14)24-18-26-16(21)25-17(22)27-18)9-30(20)19(31)23-13-8-11(13)10-6-4-3-5-7-10/h3-7,11,13H,8-9H2,1-2H3,(H,23,31)(H4,22,24,25,26,27,28,29)/t11-,13+/m0/s1. The van der Waals surface area contributed by atoms with Crippen molar-refractivity contribution < 1.29 is 4.79 Å². The number of anilines is 3. The van der Waals surface area contributed by atoms with Gasteiger partial charge in [0.15, 0.2) is 5.82 Å². The summed E-state index contributed by atoms with van der Waals surface area (Å²) in [7, 11) is 0. The number of halogens is 1. The first-order valence-corrected chi connectivity index (χ1v) is 10.4. The van der Waals surface area contributed by atoms with Gasteiger partial charge in [0.25, 0.3) is 0 Å². The molecular formula is C20H22ClN9O. The first-order valence-electron chi connectivity index (χ1n) is 9.98. The molecule has 1 aromatic carbocycles. The Labute approximate surface area is 183 Å². The minimum atomic E-state index is -0.556. The number of urea groups is 1. The first-order chi connectivity index (χ1) is 14.8. The van der Waals surface area contributed by atoms with Crippen molar-refractivity contribution in [2.24, 2.45) is 0 Å². The average Bonchev–Trinajstić information content (AvgIpc) is 3.27. The Balaban J connectivity index is 1.31. The molecule has 2 aromatic heterocycles. The number of nitrogens with two attached hydrogens (primary N) is 1. The largest absolute Gasteiger partial charge is 0.368 e. The third-order valence-corrected chi connectivity index (χ3v) is 6.07. The van der Waals surface area contributed by atoms with Crippen LogP contribution in [0.5, 0.6) is 0 Å². The fourth-order valence-corrected chi connectivity index (χ4v) is 4.30. The van der Waals surface area contributed by atoms with Crippen molar-refractivity contribution in [3.8, 4) is 0 Å². The molecule has 10 nitrogen and oxygen atoms in total. The summed E-state index contributed by atoms with van der Waals surface area (Å²) in [6.07, 6.45) is 0.950. The number of nitrogen functional groups attached to an aromatic ring is 1. The molecule has 0 bridgehead atoms. The third-order valence-electron chi connectivity index (χ3n) is 5.90. The van der Waals surface area contributed by atoms with E-state index in [1.807, 2.05) is 32.0 Å². The number of aromatic amines is 1. The Kier molecular flexibility index (Phi) is 4.47. The van der Waals surface area contributed by atoms with E-state index in [1.165, 1.54) is 5.56 Å². The Hall–Kier alpha value is -3.40. The van der Waals surface area contributed by atoms with Crippen molar-refractivity contribution in [3.05, 3.63) is 52.4 Å². The van der Waals surface area contributed by atoms with Crippen LogP contribution in [-0.4, -0.2) is 42.1 Å². The second kappa shape index (κ2) is 7.09. The Morgan fingerprint density at radius 2 is 2.03 bits per heavy atom. The lowest BCUT2D eigenvalue weighted by molar-refractivity contribution is 0.142. The summed E-state index contributed by atoms with van der Waals surface area (Å²) in [4.78, 5) is 26.7. The van der Waals surface area contributed by atoms with E-state index in [1.54, 1.807) is 4.90 Å². The number of carbonyl (C=O) groups is 1. The third kappa shape index (κ3) is 3.52. The molecule has 2 amide bonds. The lowest BCUT2D eigenvalue weighted by Crippen LogP contribution is -2.47. The van der Waals surface area contributed by atoms with E-state index in [0.717, 1.165) is 17.7 Å². The molecule has 31 heavy (non-hydrogen) atoms. The maximum Gasteiger partial charge on any atom is 0.318 e. The van der Waals surface area contributed by atoms with Crippen LogP contribution in [0.2, 0.25) is 5.28 Å². The van der Waals surface area contributed by atoms with Crippen molar-refractivity contribution in [2.75, 3.05) is 11.1 Å². The molecule has 0 radical (unpaired) electrons. The maximum absolute atomic E-state index is 13.1. The van der Waals surface area contributed by atoms with Gasteiger partial charge in [0.2, 0.25) is 17.2 Å². The van der Waals surface area contributed by atoms with Gasteiger partial charge in [-0.3, -0.25) is 5.10 Å². The molecule has 0 spiro atoms. The highest BCUT2D eigenvalue weighted by atomic mass is 35.5. The van der Waals surface area contributed by atoms with Crippen molar-refractivity contribution in [3.63, 3.8) is 0 Å². The molecular weight excluding hydrogens is 418 g/mol. The minimum Gasteiger partial charge on any atom is -0.368 e. The summed E-state index contributed by atoms with van der Waals surface area (Å²) in [6, 6.07) is 10.3. The number of fused-ring (bicyclic) bond motifs is 1. The van der Waals surface area contributed by atoms with E-state index in [2.05, 4.69) is 47.9 Å². The first kappa shape index (κ1) is 19.6. The smallest absolute Gasteiger partial charge is 0.318 e. The van der Waals surface area contributed by atoms with E-state index in [9.17, 15) is 4.79 Å². The van der Waals surface area contributed by atoms with Crippen LogP contribution in [-0.2, 0) is 12.1 Å². The molecule has 1 aliphatic heterocycles. The van der Waals surface area contributed by atoms with Gasteiger partial charge in [-0.1, -0.05) is 30.3 Å². The molecule has 2 atom stereocenters. The number of benzene rings is 1. The lowest BCUT2D eigenvalue weighted by atomic mass is 10.0. The van der Waals surface area contributed by atoms with E-state index < -0.39 is 5.54 Å².